The minimum Gasteiger partial charge on any atom is -0.432 e. The summed E-state index contributed by atoms with van der Waals surface area (Å²) in [7, 11) is -3.03. The minimum absolute atomic E-state index is 0.0270. The minimum atomic E-state index is -3.03. The van der Waals surface area contributed by atoms with Crippen molar-refractivity contribution in [1.29, 1.82) is 0 Å². The van der Waals surface area contributed by atoms with Crippen molar-refractivity contribution in [2.24, 2.45) is 5.92 Å². The van der Waals surface area contributed by atoms with Crippen LogP contribution < -0.4 is 9.80 Å². The van der Waals surface area contributed by atoms with Crippen LogP contribution in [-0.4, -0.2) is 60.1 Å². The largest absolute Gasteiger partial charge is 0.432 e. The van der Waals surface area contributed by atoms with E-state index < -0.39 is 31.5 Å². The summed E-state index contributed by atoms with van der Waals surface area (Å²) < 4.78 is 7.73. The summed E-state index contributed by atoms with van der Waals surface area (Å²) in [4.78, 5) is 59.1. The lowest BCUT2D eigenvalue weighted by molar-refractivity contribution is -0.150. The van der Waals surface area contributed by atoms with Gasteiger partial charge in [-0.25, -0.2) is 0 Å². The van der Waals surface area contributed by atoms with Gasteiger partial charge in [-0.3, -0.25) is 19.3 Å². The average molecular weight is 783 g/mol. The molecule has 4 atom stereocenters. The van der Waals surface area contributed by atoms with E-state index in [1.54, 1.807) is 14.7 Å². The monoisotopic (exact) mass is 781 g/mol. The van der Waals surface area contributed by atoms with E-state index in [4.69, 9.17) is 4.74 Å². The number of carbonyl (C=O) groups is 3. The molecule has 2 N–H and O–H groups in total. The zero-order valence-corrected chi connectivity index (χ0v) is 32.3. The van der Waals surface area contributed by atoms with Gasteiger partial charge in [0.15, 0.2) is 13.9 Å². The van der Waals surface area contributed by atoms with Crippen LogP contribution >= 0.6 is 15.9 Å². The topological polar surface area (TPSA) is 111 Å². The summed E-state index contributed by atoms with van der Waals surface area (Å²) >= 11 is 3.62. The van der Waals surface area contributed by atoms with Gasteiger partial charge in [0.1, 0.15) is 0 Å². The number of halogens is 1. The predicted octanol–water partition coefficient (Wildman–Crippen LogP) is 6.82. The number of hydrogen-bond donors (Lipinski definition) is 2. The maximum Gasteiger partial charge on any atom is 0.264 e. The lowest BCUT2D eigenvalue weighted by atomic mass is 9.82. The molecule has 0 radical (unpaired) electrons. The van der Waals surface area contributed by atoms with Crippen molar-refractivity contribution in [1.82, 2.24) is 4.90 Å². The van der Waals surface area contributed by atoms with Crippen LogP contribution in [0.4, 0.5) is 17.1 Å². The highest BCUT2D eigenvalue weighted by molar-refractivity contribution is 9.10. The van der Waals surface area contributed by atoms with E-state index in [2.05, 4.69) is 22.0 Å². The normalized spacial score (nSPS) is 22.5. The number of aliphatic hydroxyl groups excluding tert-OH is 1. The fraction of sp³-hybridized carbons (Fsp3) is 0.341. The Bertz CT molecular complexity index is 2000. The molecule has 1 spiro atoms. The number of amides is 3. The lowest BCUT2D eigenvalue weighted by Gasteiger charge is -2.33. The quantitative estimate of drug-likeness (QED) is 0.171. The van der Waals surface area contributed by atoms with Gasteiger partial charge < -0.3 is 24.4 Å². The van der Waals surface area contributed by atoms with Gasteiger partial charge in [-0.05, 0) is 72.6 Å². The van der Waals surface area contributed by atoms with Crippen molar-refractivity contribution in [3.8, 4) is 0 Å². The van der Waals surface area contributed by atoms with Crippen molar-refractivity contribution in [3.63, 3.8) is 0 Å². The molecule has 4 aromatic carbocycles. The van der Waals surface area contributed by atoms with Gasteiger partial charge in [-0.1, -0.05) is 83.5 Å². The molecular formula is C41H44BrN3O6Si. The number of rotatable bonds is 10. The molecule has 3 heterocycles. The zero-order valence-electron chi connectivity index (χ0n) is 29.7. The van der Waals surface area contributed by atoms with E-state index >= 15 is 4.79 Å². The van der Waals surface area contributed by atoms with Crippen molar-refractivity contribution in [3.05, 3.63) is 124 Å². The van der Waals surface area contributed by atoms with E-state index in [9.17, 15) is 19.5 Å². The first kappa shape index (κ1) is 36.2. The Hall–Kier alpha value is -4.13. The van der Waals surface area contributed by atoms with Crippen molar-refractivity contribution in [2.75, 3.05) is 23.0 Å². The highest BCUT2D eigenvalue weighted by Crippen LogP contribution is 2.60. The predicted molar refractivity (Wildman–Crippen MR) is 206 cm³/mol. The van der Waals surface area contributed by atoms with E-state index in [0.29, 0.717) is 30.6 Å². The number of anilines is 3. The van der Waals surface area contributed by atoms with Crippen LogP contribution in [0.1, 0.15) is 42.0 Å². The molecule has 7 rings (SSSR count). The lowest BCUT2D eigenvalue weighted by Crippen LogP contribution is -2.46. The Morgan fingerprint density at radius 1 is 0.942 bits per heavy atom. The van der Waals surface area contributed by atoms with Crippen LogP contribution in [0.15, 0.2) is 102 Å². The molecule has 0 bridgehead atoms. The molecule has 4 aromatic rings. The number of benzene rings is 4. The Morgan fingerprint density at radius 2 is 1.67 bits per heavy atom. The molecule has 3 aliphatic rings. The summed E-state index contributed by atoms with van der Waals surface area (Å²) in [5.74, 6) is -0.874. The smallest absolute Gasteiger partial charge is 0.264 e. The number of carbonyl (C=O) groups excluding carboxylic acids is 3. The van der Waals surface area contributed by atoms with E-state index in [-0.39, 0.29) is 43.8 Å². The summed E-state index contributed by atoms with van der Waals surface area (Å²) in [5, 5.41) is 9.85. The third kappa shape index (κ3) is 6.53. The van der Waals surface area contributed by atoms with Gasteiger partial charge in [0.05, 0.1) is 37.1 Å². The molecule has 11 heteroatoms. The number of aliphatic hydroxyl groups is 1. The standard InChI is InChI=1S/C41H44BrN3O6Si/c1-27-39(52(2,3)50)36(24-38(48)43(20-21-46)25-28-10-5-4-6-11-28)51-41(27)33-23-31(42)17-18-35(33)44(40(41)49)26-29-12-9-14-32(22-29)45-34-15-8-7-13-30(34)16-19-37(45)47/h4-15,17-18,22-23,27,36,39,46,50H,16,19-21,24-26H2,1-3H3/t27-,36+,39-,41+/m0/s1. The molecule has 1 fully saturated rings. The van der Waals surface area contributed by atoms with Gasteiger partial charge in [-0.2, -0.15) is 0 Å². The number of aryl methyl sites for hydroxylation is 1. The highest BCUT2D eigenvalue weighted by Gasteiger charge is 2.66. The van der Waals surface area contributed by atoms with E-state index in [0.717, 1.165) is 32.5 Å². The highest BCUT2D eigenvalue weighted by atomic mass is 79.9. The van der Waals surface area contributed by atoms with Gasteiger partial charge >= 0.3 is 0 Å². The molecule has 1 saturated heterocycles. The van der Waals surface area contributed by atoms with Crippen LogP contribution in [0.5, 0.6) is 0 Å². The van der Waals surface area contributed by atoms with Crippen LogP contribution in [-0.2, 0) is 44.2 Å². The maximum atomic E-state index is 15.0. The summed E-state index contributed by atoms with van der Waals surface area (Å²) in [6.07, 6.45) is 0.360. The van der Waals surface area contributed by atoms with Crippen LogP contribution in [0, 0.1) is 5.92 Å². The number of hydrogen-bond acceptors (Lipinski definition) is 6. The molecular weight excluding hydrogens is 738 g/mol. The number of nitrogens with zero attached hydrogens (tertiary/aromatic N) is 3. The van der Waals surface area contributed by atoms with Crippen LogP contribution in [0.3, 0.4) is 0 Å². The molecule has 3 aliphatic heterocycles. The van der Waals surface area contributed by atoms with Crippen molar-refractivity contribution >= 4 is 59.0 Å². The summed E-state index contributed by atoms with van der Waals surface area (Å²) in [6.45, 7) is 6.17. The number of ether oxygens (including phenoxy) is 1. The Morgan fingerprint density at radius 3 is 2.42 bits per heavy atom. The molecule has 0 aromatic heterocycles. The van der Waals surface area contributed by atoms with Crippen LogP contribution in [0.25, 0.3) is 0 Å². The second kappa shape index (κ2) is 14.4. The zero-order chi connectivity index (χ0) is 36.8. The molecule has 0 unspecified atom stereocenters. The molecule has 0 aliphatic carbocycles. The third-order valence-corrected chi connectivity index (χ3v) is 13.9. The Kier molecular flexibility index (Phi) is 10.0. The Balaban J connectivity index is 1.21. The fourth-order valence-corrected chi connectivity index (χ4v) is 11.5. The summed E-state index contributed by atoms with van der Waals surface area (Å²) in [5.41, 5.74) is 4.06. The van der Waals surface area contributed by atoms with E-state index in [1.807, 2.05) is 111 Å². The first-order valence-electron chi connectivity index (χ1n) is 17.9. The second-order valence-electron chi connectivity index (χ2n) is 14.7. The van der Waals surface area contributed by atoms with Crippen molar-refractivity contribution in [2.45, 2.75) is 69.6 Å². The molecule has 9 nitrogen and oxygen atoms in total. The summed E-state index contributed by atoms with van der Waals surface area (Å²) in [6, 6.07) is 31.0. The first-order chi connectivity index (χ1) is 24.9. The van der Waals surface area contributed by atoms with Gasteiger partial charge in [0.25, 0.3) is 5.91 Å². The molecule has 270 valence electrons. The number of fused-ring (bicyclic) bond motifs is 3. The molecule has 52 heavy (non-hydrogen) atoms. The maximum absolute atomic E-state index is 15.0. The average Bonchev–Trinajstić information content (AvgIpc) is 3.54. The SMILES string of the molecule is C[C@H]1[C@H]([Si](C)(C)O)[C@@H](CC(=O)N(CCO)Cc2ccccc2)O[C@]12C(=O)N(Cc1cccc(N3C(=O)CCc4ccccc43)c1)c1ccc(Br)cc12. The van der Waals surface area contributed by atoms with Gasteiger partial charge in [0, 0.05) is 46.7 Å². The van der Waals surface area contributed by atoms with Gasteiger partial charge in [-0.15, -0.1) is 0 Å². The van der Waals surface area contributed by atoms with Crippen molar-refractivity contribution < 1.29 is 29.0 Å². The number of para-hydroxylation sites is 1. The van der Waals surface area contributed by atoms with Crippen LogP contribution in [0.2, 0.25) is 18.6 Å². The first-order valence-corrected chi connectivity index (χ1v) is 21.7. The molecule has 3 amide bonds. The molecule has 0 saturated carbocycles. The third-order valence-electron chi connectivity index (χ3n) is 10.9. The van der Waals surface area contributed by atoms with E-state index in [1.165, 1.54) is 0 Å². The van der Waals surface area contributed by atoms with Gasteiger partial charge in [0.2, 0.25) is 11.8 Å². The second-order valence-corrected chi connectivity index (χ2v) is 19.6. The fourth-order valence-electron chi connectivity index (χ4n) is 8.61. The Labute approximate surface area is 314 Å².